The number of hydrogen-bond donors (Lipinski definition) is 2. The molecule has 0 aliphatic carbocycles. The van der Waals surface area contributed by atoms with E-state index in [1.165, 1.54) is 10.4 Å². The van der Waals surface area contributed by atoms with Gasteiger partial charge in [-0.05, 0) is 33.8 Å². The number of rotatable bonds is 11. The Labute approximate surface area is 205 Å². The molecule has 5 heteroatoms. The molecule has 1 amide bonds. The van der Waals surface area contributed by atoms with E-state index in [1.54, 1.807) is 0 Å². The summed E-state index contributed by atoms with van der Waals surface area (Å²) in [5.41, 5.74) is 1.15. The van der Waals surface area contributed by atoms with Gasteiger partial charge in [0.05, 0.1) is 12.6 Å². The maximum absolute atomic E-state index is 12.6. The number of nitrogens with one attached hydrogen (secondary N) is 1. The highest BCUT2D eigenvalue weighted by molar-refractivity contribution is 6.99. The van der Waals surface area contributed by atoms with Crippen LogP contribution in [0.2, 0.25) is 5.04 Å². The van der Waals surface area contributed by atoms with Gasteiger partial charge in [0.1, 0.15) is 0 Å². The zero-order valence-corrected chi connectivity index (χ0v) is 21.5. The van der Waals surface area contributed by atoms with Crippen molar-refractivity contribution in [2.24, 2.45) is 0 Å². The predicted molar refractivity (Wildman–Crippen MR) is 142 cm³/mol. The number of aliphatic hydroxyl groups excluding tert-OH is 1. The van der Waals surface area contributed by atoms with E-state index in [9.17, 15) is 4.79 Å². The Hall–Kier alpha value is -2.73. The molecule has 0 aliphatic rings. The summed E-state index contributed by atoms with van der Waals surface area (Å²) in [5, 5.41) is 14.6. The van der Waals surface area contributed by atoms with Crippen molar-refractivity contribution >= 4 is 24.6 Å². The molecular weight excluding hydrogens is 438 g/mol. The summed E-state index contributed by atoms with van der Waals surface area (Å²) in [5.74, 6) is -0.0546. The normalized spacial score (nSPS) is 12.8. The predicted octanol–water partition coefficient (Wildman–Crippen LogP) is 4.06. The van der Waals surface area contributed by atoms with Crippen LogP contribution in [0.25, 0.3) is 0 Å². The van der Waals surface area contributed by atoms with E-state index in [4.69, 9.17) is 9.53 Å². The van der Waals surface area contributed by atoms with Crippen LogP contribution < -0.4 is 15.7 Å². The Balaban J connectivity index is 1.96. The van der Waals surface area contributed by atoms with E-state index in [-0.39, 0.29) is 23.6 Å². The van der Waals surface area contributed by atoms with E-state index in [0.717, 1.165) is 5.56 Å². The highest BCUT2D eigenvalue weighted by Gasteiger charge is 2.50. The average Bonchev–Trinajstić information content (AvgIpc) is 2.84. The maximum Gasteiger partial charge on any atom is 0.261 e. The van der Waals surface area contributed by atoms with Crippen LogP contribution in [0.1, 0.15) is 39.2 Å². The largest absolute Gasteiger partial charge is 0.405 e. The van der Waals surface area contributed by atoms with E-state index in [1.807, 2.05) is 30.3 Å². The van der Waals surface area contributed by atoms with Crippen LogP contribution in [0.3, 0.4) is 0 Å². The van der Waals surface area contributed by atoms with E-state index in [2.05, 4.69) is 86.8 Å². The first-order chi connectivity index (χ1) is 16.4. The summed E-state index contributed by atoms with van der Waals surface area (Å²) < 4.78 is 7.08. The molecule has 0 bridgehead atoms. The molecule has 0 unspecified atom stereocenters. The highest BCUT2D eigenvalue weighted by Crippen LogP contribution is 2.36. The second kappa shape index (κ2) is 12.1. The molecule has 0 spiro atoms. The van der Waals surface area contributed by atoms with Gasteiger partial charge in [0, 0.05) is 13.0 Å². The zero-order chi connectivity index (χ0) is 24.4. The fourth-order valence-corrected chi connectivity index (χ4v) is 9.18. The summed E-state index contributed by atoms with van der Waals surface area (Å²) in [4.78, 5) is 12.6. The fraction of sp³-hybridized carbons (Fsp3) is 0.345. The molecule has 34 heavy (non-hydrogen) atoms. The van der Waals surface area contributed by atoms with Crippen LogP contribution in [0.15, 0.2) is 91.0 Å². The van der Waals surface area contributed by atoms with Crippen molar-refractivity contribution in [3.05, 3.63) is 96.6 Å². The van der Waals surface area contributed by atoms with Crippen LogP contribution in [0, 0.1) is 0 Å². The monoisotopic (exact) mass is 475 g/mol. The Kier molecular flexibility index (Phi) is 9.22. The molecule has 4 nitrogen and oxygen atoms in total. The molecule has 0 aliphatic heterocycles. The molecule has 0 radical (unpaired) electrons. The molecule has 0 saturated heterocycles. The summed E-state index contributed by atoms with van der Waals surface area (Å²) in [7, 11) is -2.70. The minimum atomic E-state index is -2.70. The van der Waals surface area contributed by atoms with Crippen LogP contribution in [0.4, 0.5) is 0 Å². The molecule has 0 aromatic heterocycles. The van der Waals surface area contributed by atoms with Crippen LogP contribution in [0.5, 0.6) is 0 Å². The van der Waals surface area contributed by atoms with Crippen molar-refractivity contribution in [1.29, 1.82) is 0 Å². The lowest BCUT2D eigenvalue weighted by molar-refractivity contribution is -0.122. The minimum absolute atomic E-state index is 0.00926. The first kappa shape index (κ1) is 25.9. The minimum Gasteiger partial charge on any atom is -0.405 e. The molecule has 0 heterocycles. The van der Waals surface area contributed by atoms with Gasteiger partial charge in [-0.15, -0.1) is 0 Å². The third-order valence-electron chi connectivity index (χ3n) is 6.17. The average molecular weight is 476 g/mol. The summed E-state index contributed by atoms with van der Waals surface area (Å²) >= 11 is 0. The smallest absolute Gasteiger partial charge is 0.261 e. The number of aliphatic hydroxyl groups is 1. The van der Waals surface area contributed by atoms with Crippen molar-refractivity contribution in [3.63, 3.8) is 0 Å². The lowest BCUT2D eigenvalue weighted by atomic mass is 10.1. The van der Waals surface area contributed by atoms with Crippen LogP contribution in [-0.4, -0.2) is 38.6 Å². The van der Waals surface area contributed by atoms with Gasteiger partial charge in [-0.2, -0.15) is 0 Å². The third kappa shape index (κ3) is 6.44. The number of benzene rings is 3. The van der Waals surface area contributed by atoms with Crippen LogP contribution >= 0.6 is 0 Å². The van der Waals surface area contributed by atoms with Crippen molar-refractivity contribution in [2.75, 3.05) is 13.2 Å². The first-order valence-corrected chi connectivity index (χ1v) is 14.0. The number of amides is 1. The second-order valence-corrected chi connectivity index (χ2v) is 14.1. The van der Waals surface area contributed by atoms with Crippen LogP contribution in [-0.2, 0) is 15.6 Å². The van der Waals surface area contributed by atoms with E-state index in [0.29, 0.717) is 25.9 Å². The van der Waals surface area contributed by atoms with Gasteiger partial charge >= 0.3 is 0 Å². The highest BCUT2D eigenvalue weighted by atomic mass is 28.4. The Morgan fingerprint density at radius 1 is 0.882 bits per heavy atom. The Morgan fingerprint density at radius 2 is 1.38 bits per heavy atom. The number of carbonyl (C=O) groups is 1. The standard InChI is InChI=1S/C29H37NO3Si/c1-29(2,3)34(26-16-9-5-10-17-26,27-18-11-6-12-19-27)33-23-25(30-28(32)20-13-21-31)22-24-14-7-4-8-15-24/h4-12,14-19,25,31H,13,20-23H2,1-3H3,(H,30,32)/t25-/m1/s1. The van der Waals surface area contributed by atoms with Gasteiger partial charge in [0.15, 0.2) is 0 Å². The number of carbonyl (C=O) groups excluding carboxylic acids is 1. The van der Waals surface area contributed by atoms with Gasteiger partial charge in [-0.1, -0.05) is 112 Å². The van der Waals surface area contributed by atoms with Gasteiger partial charge in [-0.3, -0.25) is 4.79 Å². The molecule has 0 saturated carbocycles. The summed E-state index contributed by atoms with van der Waals surface area (Å²) in [6.07, 6.45) is 1.45. The third-order valence-corrected chi connectivity index (χ3v) is 11.2. The fourth-order valence-electron chi connectivity index (χ4n) is 4.58. The SMILES string of the molecule is CC(C)(C)[Si](OC[C@@H](Cc1ccccc1)NC(=O)CCCO)(c1ccccc1)c1ccccc1. The summed E-state index contributed by atoms with van der Waals surface area (Å²) in [6.45, 7) is 7.18. The molecule has 3 aromatic rings. The molecule has 3 aromatic carbocycles. The van der Waals surface area contributed by atoms with E-state index < -0.39 is 8.32 Å². The van der Waals surface area contributed by atoms with Gasteiger partial charge in [0.25, 0.3) is 8.32 Å². The van der Waals surface area contributed by atoms with Crippen molar-refractivity contribution < 1.29 is 14.3 Å². The van der Waals surface area contributed by atoms with Gasteiger partial charge in [-0.25, -0.2) is 0 Å². The molecule has 1 atom stereocenters. The zero-order valence-electron chi connectivity index (χ0n) is 20.5. The van der Waals surface area contributed by atoms with Gasteiger partial charge < -0.3 is 14.8 Å². The Bertz CT molecular complexity index is 964. The molecule has 180 valence electrons. The molecule has 2 N–H and O–H groups in total. The van der Waals surface area contributed by atoms with Crippen molar-refractivity contribution in [3.8, 4) is 0 Å². The second-order valence-electron chi connectivity index (χ2n) is 9.76. The maximum atomic E-state index is 12.6. The topological polar surface area (TPSA) is 58.6 Å². The lowest BCUT2D eigenvalue weighted by Gasteiger charge is -2.43. The van der Waals surface area contributed by atoms with E-state index >= 15 is 0 Å². The van der Waals surface area contributed by atoms with Crippen molar-refractivity contribution in [1.82, 2.24) is 5.32 Å². The van der Waals surface area contributed by atoms with Crippen molar-refractivity contribution in [2.45, 2.75) is 51.1 Å². The molecular formula is C29H37NO3Si. The molecule has 3 rings (SSSR count). The quantitative estimate of drug-likeness (QED) is 0.411. The lowest BCUT2D eigenvalue weighted by Crippen LogP contribution is -2.67. The van der Waals surface area contributed by atoms with Gasteiger partial charge in [0.2, 0.25) is 5.91 Å². The first-order valence-electron chi connectivity index (χ1n) is 12.1. The Morgan fingerprint density at radius 3 is 1.85 bits per heavy atom. The molecule has 0 fully saturated rings. The summed E-state index contributed by atoms with van der Waals surface area (Å²) in [6, 6.07) is 31.1. The number of hydrogen-bond acceptors (Lipinski definition) is 3.